The lowest BCUT2D eigenvalue weighted by Gasteiger charge is -2.30. The number of carbonyl (C=O) groups is 3. The first kappa shape index (κ1) is 18.0. The number of hydrogen-bond donors (Lipinski definition) is 0. The number of aliphatic carboxylic acids is 1. The quantitative estimate of drug-likeness (QED) is 0.398. The van der Waals surface area contributed by atoms with E-state index in [2.05, 4.69) is 4.74 Å². The van der Waals surface area contributed by atoms with Crippen molar-refractivity contribution in [2.45, 2.75) is 36.7 Å². The predicted molar refractivity (Wildman–Crippen MR) is 69.1 cm³/mol. The molecule has 1 aliphatic heterocycles. The molecule has 12 heteroatoms. The van der Waals surface area contributed by atoms with Gasteiger partial charge in [-0.25, -0.2) is 0 Å². The molecule has 0 aromatic carbocycles. The molecule has 3 rings (SSSR count). The number of carboxylic acid groups (broad SMARTS) is 1. The zero-order valence-corrected chi connectivity index (χ0v) is 13.5. The third-order valence-corrected chi connectivity index (χ3v) is 6.60. The molecule has 140 valence electrons. The van der Waals surface area contributed by atoms with Crippen molar-refractivity contribution in [3.05, 3.63) is 0 Å². The maximum absolute atomic E-state index is 13.0. The van der Waals surface area contributed by atoms with Gasteiger partial charge >= 0.3 is 17.9 Å². The number of carboxylic acids is 1. The van der Waals surface area contributed by atoms with Gasteiger partial charge in [-0.1, -0.05) is 0 Å². The summed E-state index contributed by atoms with van der Waals surface area (Å²) in [5.74, 6) is -11.9. The Morgan fingerprint density at radius 3 is 2.48 bits per heavy atom. The van der Waals surface area contributed by atoms with E-state index >= 15 is 0 Å². The van der Waals surface area contributed by atoms with Gasteiger partial charge in [0.25, 0.3) is 10.1 Å². The number of halogens is 2. The van der Waals surface area contributed by atoms with Crippen LogP contribution in [0.5, 0.6) is 0 Å². The van der Waals surface area contributed by atoms with Gasteiger partial charge in [-0.2, -0.15) is 17.2 Å². The Morgan fingerprint density at radius 1 is 1.28 bits per heavy atom. The third kappa shape index (κ3) is 2.76. The minimum atomic E-state index is -4.41. The van der Waals surface area contributed by atoms with E-state index in [0.29, 0.717) is 0 Å². The van der Waals surface area contributed by atoms with Gasteiger partial charge < -0.3 is 19.4 Å². The number of carbonyl (C=O) groups excluding carboxylic acids is 3. The van der Waals surface area contributed by atoms with Gasteiger partial charge in [0.1, 0.15) is 23.4 Å². The van der Waals surface area contributed by atoms with Crippen LogP contribution in [0.4, 0.5) is 8.78 Å². The van der Waals surface area contributed by atoms with Crippen molar-refractivity contribution < 1.29 is 50.3 Å². The molecule has 0 aromatic rings. The Bertz CT molecular complexity index is 734. The largest absolute Gasteiger partial charge is 0.544 e. The number of rotatable bonds is 5. The summed E-state index contributed by atoms with van der Waals surface area (Å²) < 4.78 is 64.6. The molecule has 1 heterocycles. The molecular weight excluding hydrogens is 370 g/mol. The average molecular weight is 383 g/mol. The molecule has 25 heavy (non-hydrogen) atoms. The van der Waals surface area contributed by atoms with Crippen LogP contribution in [-0.4, -0.2) is 56.3 Å². The van der Waals surface area contributed by atoms with Crippen molar-refractivity contribution >= 4 is 28.0 Å². The molecule has 0 aromatic heterocycles. The van der Waals surface area contributed by atoms with E-state index in [-0.39, 0.29) is 6.42 Å². The standard InChI is InChI=1S/C13H14F2O9S/c1-4(16)23-8-5-2-6-9(8)24-25(20,21)10(6)7(5)11(17)22-3-13(14,15)12(18)19/h5-10H,2-3H2,1H3,(H,18,19)/p-1. The van der Waals surface area contributed by atoms with Gasteiger partial charge in [0, 0.05) is 18.8 Å². The van der Waals surface area contributed by atoms with Gasteiger partial charge in [-0.05, 0) is 6.42 Å². The molecule has 3 fully saturated rings. The summed E-state index contributed by atoms with van der Waals surface area (Å²) in [5, 5.41) is 8.97. The highest BCUT2D eigenvalue weighted by atomic mass is 32.2. The summed E-state index contributed by atoms with van der Waals surface area (Å²) in [7, 11) is -4.17. The van der Waals surface area contributed by atoms with E-state index in [1.165, 1.54) is 0 Å². The highest BCUT2D eigenvalue weighted by Gasteiger charge is 2.72. The Balaban J connectivity index is 1.82. The fourth-order valence-electron chi connectivity index (χ4n) is 3.96. The molecule has 2 saturated carbocycles. The molecule has 6 atom stereocenters. The number of ether oxygens (including phenoxy) is 2. The maximum Gasteiger partial charge on any atom is 0.320 e. The van der Waals surface area contributed by atoms with Crippen molar-refractivity contribution in [3.63, 3.8) is 0 Å². The Kier molecular flexibility index (Phi) is 4.02. The van der Waals surface area contributed by atoms with Gasteiger partial charge in [-0.15, -0.1) is 0 Å². The summed E-state index contributed by atoms with van der Waals surface area (Å²) in [6.45, 7) is -0.683. The zero-order chi connectivity index (χ0) is 18.7. The second-order valence-electron chi connectivity index (χ2n) is 6.28. The van der Waals surface area contributed by atoms with E-state index in [4.69, 9.17) is 8.92 Å². The van der Waals surface area contributed by atoms with E-state index in [1.807, 2.05) is 0 Å². The molecule has 2 aliphatic carbocycles. The minimum Gasteiger partial charge on any atom is -0.544 e. The van der Waals surface area contributed by atoms with Crippen molar-refractivity contribution in [2.24, 2.45) is 17.8 Å². The van der Waals surface area contributed by atoms with E-state index < -0.39 is 75.8 Å². The van der Waals surface area contributed by atoms with Crippen LogP contribution in [0, 0.1) is 17.8 Å². The summed E-state index contributed by atoms with van der Waals surface area (Å²) in [6, 6.07) is 0. The highest BCUT2D eigenvalue weighted by molar-refractivity contribution is 7.87. The van der Waals surface area contributed by atoms with Crippen LogP contribution in [0.1, 0.15) is 13.3 Å². The van der Waals surface area contributed by atoms with Crippen LogP contribution in [-0.2, 0) is 38.2 Å². The molecule has 0 amide bonds. The summed E-state index contributed by atoms with van der Waals surface area (Å²) in [4.78, 5) is 33.6. The fraction of sp³-hybridized carbons (Fsp3) is 0.769. The van der Waals surface area contributed by atoms with Crippen LogP contribution in [0.3, 0.4) is 0 Å². The average Bonchev–Trinajstić information content (AvgIpc) is 3.06. The SMILES string of the molecule is CC(=O)OC1C2CC3C1OS(=O)(=O)C3C2C(=O)OCC(F)(F)C(=O)[O-]. The second-order valence-corrected chi connectivity index (χ2v) is 8.00. The summed E-state index contributed by atoms with van der Waals surface area (Å²) >= 11 is 0. The minimum absolute atomic E-state index is 0.184. The lowest BCUT2D eigenvalue weighted by molar-refractivity contribution is -0.331. The first-order chi connectivity index (χ1) is 11.5. The van der Waals surface area contributed by atoms with Crippen LogP contribution in [0.2, 0.25) is 0 Å². The zero-order valence-electron chi connectivity index (χ0n) is 12.7. The number of fused-ring (bicyclic) bond motifs is 1. The van der Waals surface area contributed by atoms with Crippen LogP contribution in [0.25, 0.3) is 0 Å². The molecule has 0 spiro atoms. The van der Waals surface area contributed by atoms with Crippen molar-refractivity contribution in [1.29, 1.82) is 0 Å². The first-order valence-corrected chi connectivity index (χ1v) is 8.78. The predicted octanol–water partition coefficient (Wildman–Crippen LogP) is -1.79. The molecule has 9 nitrogen and oxygen atoms in total. The van der Waals surface area contributed by atoms with E-state index in [0.717, 1.165) is 6.92 Å². The second kappa shape index (κ2) is 5.59. The lowest BCUT2D eigenvalue weighted by Crippen LogP contribution is -2.48. The molecule has 2 bridgehead atoms. The normalized spacial score (nSPS) is 37.7. The van der Waals surface area contributed by atoms with Crippen molar-refractivity contribution in [3.8, 4) is 0 Å². The molecule has 1 saturated heterocycles. The Hall–Kier alpha value is -1.82. The van der Waals surface area contributed by atoms with Crippen LogP contribution in [0.15, 0.2) is 0 Å². The van der Waals surface area contributed by atoms with Gasteiger partial charge in [0.05, 0.1) is 5.92 Å². The lowest BCUT2D eigenvalue weighted by atomic mass is 9.84. The molecule has 0 radical (unpaired) electrons. The highest BCUT2D eigenvalue weighted by Crippen LogP contribution is 2.58. The third-order valence-electron chi connectivity index (χ3n) is 4.80. The molecule has 6 unspecified atom stereocenters. The van der Waals surface area contributed by atoms with E-state index in [9.17, 15) is 36.7 Å². The van der Waals surface area contributed by atoms with Crippen LogP contribution < -0.4 is 5.11 Å². The van der Waals surface area contributed by atoms with Crippen LogP contribution >= 0.6 is 0 Å². The maximum atomic E-state index is 13.0. The Morgan fingerprint density at radius 2 is 1.92 bits per heavy atom. The molecular formula is C13H13F2O9S-. The van der Waals surface area contributed by atoms with Gasteiger partial charge in [-0.3, -0.25) is 13.8 Å². The van der Waals surface area contributed by atoms with Crippen molar-refractivity contribution in [1.82, 2.24) is 0 Å². The monoisotopic (exact) mass is 383 g/mol. The van der Waals surface area contributed by atoms with Gasteiger partial charge in [0.2, 0.25) is 0 Å². The summed E-state index contributed by atoms with van der Waals surface area (Å²) in [5.41, 5.74) is 0. The molecule has 3 aliphatic rings. The fourth-order valence-corrected chi connectivity index (χ4v) is 6.02. The van der Waals surface area contributed by atoms with Crippen molar-refractivity contribution in [2.75, 3.05) is 6.61 Å². The molecule has 0 N–H and O–H groups in total. The smallest absolute Gasteiger partial charge is 0.320 e. The Labute approximate surface area is 140 Å². The van der Waals surface area contributed by atoms with Gasteiger partial charge in [0.15, 0.2) is 6.61 Å². The number of esters is 2. The van der Waals surface area contributed by atoms with E-state index in [1.54, 1.807) is 0 Å². The first-order valence-electron chi connectivity index (χ1n) is 7.31. The topological polar surface area (TPSA) is 136 Å². The number of hydrogen-bond acceptors (Lipinski definition) is 9. The number of alkyl halides is 2. The summed E-state index contributed by atoms with van der Waals surface area (Å²) in [6.07, 6.45) is -1.75.